The molecule has 1 heterocycles. The van der Waals surface area contributed by atoms with Crippen LogP contribution in [-0.2, 0) is 6.18 Å². The van der Waals surface area contributed by atoms with E-state index in [0.717, 1.165) is 17.7 Å². The van der Waals surface area contributed by atoms with E-state index in [1.807, 2.05) is 0 Å². The second-order valence-electron chi connectivity index (χ2n) is 6.98. The SMILES string of the molecule is O=C(NC1CCN(C(=O)O)CC1c1ccc(Cl)cc1)c1cc(Br)cc(C(F)(F)F)c1. The molecule has 2 N–H and O–H groups in total. The first-order chi connectivity index (χ1) is 14.0. The van der Waals surface area contributed by atoms with Gasteiger partial charge in [0, 0.05) is 40.1 Å². The molecule has 30 heavy (non-hydrogen) atoms. The lowest BCUT2D eigenvalue weighted by Crippen LogP contribution is -2.51. The maximum Gasteiger partial charge on any atom is 0.416 e. The van der Waals surface area contributed by atoms with Crippen molar-refractivity contribution in [2.45, 2.75) is 24.6 Å². The van der Waals surface area contributed by atoms with Crippen molar-refractivity contribution in [1.82, 2.24) is 10.2 Å². The molecule has 1 fully saturated rings. The van der Waals surface area contributed by atoms with Crippen molar-refractivity contribution < 1.29 is 27.9 Å². The molecule has 5 nitrogen and oxygen atoms in total. The summed E-state index contributed by atoms with van der Waals surface area (Å²) in [5, 5.41) is 12.6. The smallest absolute Gasteiger partial charge is 0.416 e. The van der Waals surface area contributed by atoms with E-state index in [2.05, 4.69) is 21.2 Å². The first-order valence-electron chi connectivity index (χ1n) is 8.96. The molecule has 0 aliphatic carbocycles. The molecule has 10 heteroatoms. The van der Waals surface area contributed by atoms with Crippen molar-refractivity contribution >= 4 is 39.5 Å². The summed E-state index contributed by atoms with van der Waals surface area (Å²) in [4.78, 5) is 25.4. The Morgan fingerprint density at radius 3 is 2.43 bits per heavy atom. The van der Waals surface area contributed by atoms with Crippen LogP contribution < -0.4 is 5.32 Å². The number of hydrogen-bond acceptors (Lipinski definition) is 2. The molecular formula is C20H17BrClF3N2O3. The van der Waals surface area contributed by atoms with Gasteiger partial charge in [-0.15, -0.1) is 0 Å². The van der Waals surface area contributed by atoms with E-state index in [0.29, 0.717) is 11.4 Å². The Labute approximate surface area is 183 Å². The molecule has 2 unspecified atom stereocenters. The third-order valence-corrected chi connectivity index (χ3v) is 5.70. The fraction of sp³-hybridized carbons (Fsp3) is 0.300. The van der Waals surface area contributed by atoms with Gasteiger partial charge in [-0.3, -0.25) is 4.79 Å². The third kappa shape index (κ3) is 5.26. The number of carbonyl (C=O) groups excluding carboxylic acids is 1. The highest BCUT2D eigenvalue weighted by Gasteiger charge is 2.35. The van der Waals surface area contributed by atoms with E-state index in [-0.39, 0.29) is 29.0 Å². The Bertz CT molecular complexity index is 953. The van der Waals surface area contributed by atoms with Gasteiger partial charge in [-0.2, -0.15) is 13.2 Å². The molecule has 0 aromatic heterocycles. The molecule has 0 bridgehead atoms. The number of alkyl halides is 3. The second-order valence-corrected chi connectivity index (χ2v) is 8.33. The number of amides is 2. The molecular weight excluding hydrogens is 489 g/mol. The van der Waals surface area contributed by atoms with Crippen molar-refractivity contribution in [2.24, 2.45) is 0 Å². The minimum atomic E-state index is -4.59. The van der Waals surface area contributed by atoms with Crippen molar-refractivity contribution in [1.29, 1.82) is 0 Å². The third-order valence-electron chi connectivity index (χ3n) is 4.99. The molecule has 2 amide bonds. The monoisotopic (exact) mass is 504 g/mol. The highest BCUT2D eigenvalue weighted by Crippen LogP contribution is 2.33. The molecule has 0 radical (unpaired) electrons. The zero-order valence-electron chi connectivity index (χ0n) is 15.4. The van der Waals surface area contributed by atoms with Crippen LogP contribution in [0.15, 0.2) is 46.9 Å². The summed E-state index contributed by atoms with van der Waals surface area (Å²) >= 11 is 8.94. The first kappa shape index (κ1) is 22.4. The standard InChI is InChI=1S/C20H17BrClF3N2O3/c21-14-8-12(7-13(9-14)20(23,24)25)18(28)26-17-5-6-27(19(29)30)10-16(17)11-1-3-15(22)4-2-11/h1-4,7-9,16-17H,5-6,10H2,(H,26,28)(H,29,30). The van der Waals surface area contributed by atoms with Gasteiger partial charge in [0.25, 0.3) is 5.91 Å². The minimum Gasteiger partial charge on any atom is -0.465 e. The van der Waals surface area contributed by atoms with Crippen molar-refractivity contribution in [3.05, 3.63) is 68.7 Å². The second kappa shape index (κ2) is 8.85. The highest BCUT2D eigenvalue weighted by atomic mass is 79.9. The maximum absolute atomic E-state index is 13.1. The lowest BCUT2D eigenvalue weighted by Gasteiger charge is -2.38. The highest BCUT2D eigenvalue weighted by molar-refractivity contribution is 9.10. The van der Waals surface area contributed by atoms with Crippen LogP contribution in [0.5, 0.6) is 0 Å². The number of carboxylic acid groups (broad SMARTS) is 1. The molecule has 3 rings (SSSR count). The lowest BCUT2D eigenvalue weighted by atomic mass is 9.86. The number of carbonyl (C=O) groups is 2. The Kier molecular flexibility index (Phi) is 6.62. The van der Waals surface area contributed by atoms with E-state index in [1.165, 1.54) is 11.0 Å². The molecule has 2 aromatic carbocycles. The topological polar surface area (TPSA) is 69.6 Å². The molecule has 1 saturated heterocycles. The fourth-order valence-electron chi connectivity index (χ4n) is 3.48. The number of benzene rings is 2. The molecule has 1 aliphatic rings. The van der Waals surface area contributed by atoms with Gasteiger partial charge in [0.15, 0.2) is 0 Å². The summed E-state index contributed by atoms with van der Waals surface area (Å²) in [6, 6.07) is 9.38. The summed E-state index contributed by atoms with van der Waals surface area (Å²) in [5.74, 6) is -1.03. The zero-order valence-corrected chi connectivity index (χ0v) is 17.8. The summed E-state index contributed by atoms with van der Waals surface area (Å²) < 4.78 is 39.4. The fourth-order valence-corrected chi connectivity index (χ4v) is 4.10. The first-order valence-corrected chi connectivity index (χ1v) is 10.1. The Morgan fingerprint density at radius 2 is 1.83 bits per heavy atom. The summed E-state index contributed by atoms with van der Waals surface area (Å²) in [7, 11) is 0. The largest absolute Gasteiger partial charge is 0.465 e. The van der Waals surface area contributed by atoms with E-state index in [4.69, 9.17) is 11.6 Å². The number of nitrogens with zero attached hydrogens (tertiary/aromatic N) is 1. The van der Waals surface area contributed by atoms with Crippen molar-refractivity contribution in [3.8, 4) is 0 Å². The van der Waals surface area contributed by atoms with Crippen molar-refractivity contribution in [2.75, 3.05) is 13.1 Å². The lowest BCUT2D eigenvalue weighted by molar-refractivity contribution is -0.137. The Morgan fingerprint density at radius 1 is 1.17 bits per heavy atom. The van der Waals surface area contributed by atoms with Gasteiger partial charge in [0.05, 0.1) is 5.56 Å². The van der Waals surface area contributed by atoms with E-state index < -0.39 is 29.8 Å². The maximum atomic E-state index is 13.1. The molecule has 0 saturated carbocycles. The van der Waals surface area contributed by atoms with Gasteiger partial charge >= 0.3 is 12.3 Å². The van der Waals surface area contributed by atoms with Crippen LogP contribution in [0.4, 0.5) is 18.0 Å². The molecule has 160 valence electrons. The van der Waals surface area contributed by atoms with Crippen molar-refractivity contribution in [3.63, 3.8) is 0 Å². The summed E-state index contributed by atoms with van der Waals surface area (Å²) in [6.45, 7) is 0.352. The van der Waals surface area contributed by atoms with Gasteiger partial charge in [0.1, 0.15) is 0 Å². The van der Waals surface area contributed by atoms with E-state index in [1.54, 1.807) is 24.3 Å². The van der Waals surface area contributed by atoms with E-state index in [9.17, 15) is 27.9 Å². The van der Waals surface area contributed by atoms with Gasteiger partial charge in [-0.1, -0.05) is 39.7 Å². The van der Waals surface area contributed by atoms with Crippen LogP contribution in [-0.4, -0.2) is 41.1 Å². The van der Waals surface area contributed by atoms with Crippen LogP contribution >= 0.6 is 27.5 Å². The van der Waals surface area contributed by atoms with Gasteiger partial charge in [0.2, 0.25) is 0 Å². The van der Waals surface area contributed by atoms with Crippen LogP contribution in [0.1, 0.15) is 33.8 Å². The quantitative estimate of drug-likeness (QED) is 0.588. The van der Waals surface area contributed by atoms with Crippen LogP contribution in [0.3, 0.4) is 0 Å². The number of likely N-dealkylation sites (tertiary alicyclic amines) is 1. The predicted molar refractivity (Wildman–Crippen MR) is 109 cm³/mol. The number of piperidine rings is 1. The van der Waals surface area contributed by atoms with Gasteiger partial charge < -0.3 is 15.3 Å². The molecule has 2 aromatic rings. The van der Waals surface area contributed by atoms with E-state index >= 15 is 0 Å². The minimum absolute atomic E-state index is 0.132. The molecule has 1 aliphatic heterocycles. The van der Waals surface area contributed by atoms with Crippen LogP contribution in [0.2, 0.25) is 5.02 Å². The summed E-state index contributed by atoms with van der Waals surface area (Å²) in [5.41, 5.74) is -0.287. The van der Waals surface area contributed by atoms with Gasteiger partial charge in [-0.25, -0.2) is 4.79 Å². The number of rotatable bonds is 3. The summed E-state index contributed by atoms with van der Waals surface area (Å²) in [6.07, 6.45) is -5.33. The normalized spacial score (nSPS) is 19.4. The van der Waals surface area contributed by atoms with Crippen LogP contribution in [0, 0.1) is 0 Å². The van der Waals surface area contributed by atoms with Crippen LogP contribution in [0.25, 0.3) is 0 Å². The average molecular weight is 506 g/mol. The Hall–Kier alpha value is -2.26. The average Bonchev–Trinajstić information content (AvgIpc) is 2.67. The number of hydrogen-bond donors (Lipinski definition) is 2. The molecule has 0 spiro atoms. The predicted octanol–water partition coefficient (Wildman–Crippen LogP) is 5.39. The zero-order chi connectivity index (χ0) is 22.1. The Balaban J connectivity index is 1.86. The van der Waals surface area contributed by atoms with Gasteiger partial charge in [-0.05, 0) is 42.3 Å². The number of nitrogens with one attached hydrogen (secondary N) is 1. The number of halogens is 5. The molecule has 2 atom stereocenters.